The topological polar surface area (TPSA) is 21.7 Å². The van der Waals surface area contributed by atoms with Crippen molar-refractivity contribution < 1.29 is 9.47 Å². The number of likely N-dealkylation sites (tertiary alicyclic amines) is 1. The summed E-state index contributed by atoms with van der Waals surface area (Å²) in [6.45, 7) is 2.13. The smallest absolute Gasteiger partial charge is 0.161 e. The van der Waals surface area contributed by atoms with Crippen LogP contribution in [0.1, 0.15) is 31.2 Å². The lowest BCUT2D eigenvalue weighted by Gasteiger charge is -2.28. The van der Waals surface area contributed by atoms with Crippen molar-refractivity contribution in [1.82, 2.24) is 4.90 Å². The Balaban J connectivity index is 1.82. The molecule has 0 aromatic heterocycles. The van der Waals surface area contributed by atoms with Crippen LogP contribution in [-0.2, 0) is 6.54 Å². The fraction of sp³-hybridized carbons (Fsp3) is 0.529. The SMILES string of the molecule is COc1cc(Br)c(CN2CCC3=CCCCC32)cc1OC. The monoisotopic (exact) mass is 351 g/mol. The van der Waals surface area contributed by atoms with Crippen molar-refractivity contribution in [2.75, 3.05) is 20.8 Å². The van der Waals surface area contributed by atoms with Gasteiger partial charge in [0, 0.05) is 23.6 Å². The van der Waals surface area contributed by atoms with Gasteiger partial charge in [-0.2, -0.15) is 0 Å². The summed E-state index contributed by atoms with van der Waals surface area (Å²) < 4.78 is 11.9. The lowest BCUT2D eigenvalue weighted by Crippen LogP contribution is -2.30. The van der Waals surface area contributed by atoms with Crippen LogP contribution in [0.15, 0.2) is 28.3 Å². The quantitative estimate of drug-likeness (QED) is 0.760. The van der Waals surface area contributed by atoms with E-state index >= 15 is 0 Å². The van der Waals surface area contributed by atoms with Crippen molar-refractivity contribution in [3.05, 3.63) is 33.8 Å². The average Bonchev–Trinajstić information content (AvgIpc) is 2.92. The van der Waals surface area contributed by atoms with Crippen LogP contribution in [0.25, 0.3) is 0 Å². The number of allylic oxidation sites excluding steroid dienone is 1. The van der Waals surface area contributed by atoms with E-state index in [1.54, 1.807) is 19.8 Å². The van der Waals surface area contributed by atoms with E-state index in [1.165, 1.54) is 31.2 Å². The number of benzene rings is 1. The van der Waals surface area contributed by atoms with E-state index in [0.29, 0.717) is 6.04 Å². The van der Waals surface area contributed by atoms with Gasteiger partial charge in [-0.05, 0) is 43.4 Å². The molecule has 1 unspecified atom stereocenters. The normalized spacial score (nSPS) is 21.9. The predicted molar refractivity (Wildman–Crippen MR) is 88.0 cm³/mol. The second-order valence-corrected chi connectivity index (χ2v) is 6.60. The number of hydrogen-bond acceptors (Lipinski definition) is 3. The summed E-state index contributed by atoms with van der Waals surface area (Å²) in [4.78, 5) is 2.59. The van der Waals surface area contributed by atoms with E-state index < -0.39 is 0 Å². The second-order valence-electron chi connectivity index (χ2n) is 5.74. The van der Waals surface area contributed by atoms with Crippen LogP contribution in [-0.4, -0.2) is 31.7 Å². The van der Waals surface area contributed by atoms with Crippen LogP contribution in [0.4, 0.5) is 0 Å². The number of rotatable bonds is 4. The van der Waals surface area contributed by atoms with Crippen molar-refractivity contribution in [3.63, 3.8) is 0 Å². The van der Waals surface area contributed by atoms with E-state index in [-0.39, 0.29) is 0 Å². The summed E-state index contributed by atoms with van der Waals surface area (Å²) in [5, 5.41) is 0. The van der Waals surface area contributed by atoms with Crippen LogP contribution >= 0.6 is 15.9 Å². The fourth-order valence-corrected chi connectivity index (χ4v) is 3.91. The van der Waals surface area contributed by atoms with Gasteiger partial charge in [-0.25, -0.2) is 0 Å². The largest absolute Gasteiger partial charge is 0.493 e. The number of nitrogens with zero attached hydrogens (tertiary/aromatic N) is 1. The van der Waals surface area contributed by atoms with Crippen molar-refractivity contribution in [3.8, 4) is 11.5 Å². The van der Waals surface area contributed by atoms with Gasteiger partial charge in [-0.3, -0.25) is 4.90 Å². The molecule has 0 N–H and O–H groups in total. The number of ether oxygens (including phenoxy) is 2. The van der Waals surface area contributed by atoms with Crippen molar-refractivity contribution in [2.24, 2.45) is 0 Å². The number of halogens is 1. The molecule has 1 saturated heterocycles. The first kappa shape index (κ1) is 14.9. The molecule has 21 heavy (non-hydrogen) atoms. The third-order valence-corrected chi connectivity index (χ3v) is 5.31. The molecular weight excluding hydrogens is 330 g/mol. The molecule has 3 rings (SSSR count). The summed E-state index contributed by atoms with van der Waals surface area (Å²) in [7, 11) is 3.36. The zero-order chi connectivity index (χ0) is 14.8. The molecule has 0 saturated carbocycles. The molecule has 114 valence electrons. The van der Waals surface area contributed by atoms with E-state index in [1.807, 2.05) is 6.07 Å². The molecule has 1 aromatic carbocycles. The Morgan fingerprint density at radius 2 is 2.00 bits per heavy atom. The van der Waals surface area contributed by atoms with Crippen LogP contribution in [0.3, 0.4) is 0 Å². The molecule has 1 atom stereocenters. The molecule has 3 nitrogen and oxygen atoms in total. The predicted octanol–water partition coefficient (Wildman–Crippen LogP) is 4.15. The van der Waals surface area contributed by atoms with Crippen LogP contribution < -0.4 is 9.47 Å². The van der Waals surface area contributed by atoms with Crippen molar-refractivity contribution in [2.45, 2.75) is 38.3 Å². The van der Waals surface area contributed by atoms with Gasteiger partial charge in [0.15, 0.2) is 11.5 Å². The third-order valence-electron chi connectivity index (χ3n) is 4.57. The van der Waals surface area contributed by atoms with Gasteiger partial charge in [0.05, 0.1) is 14.2 Å². The van der Waals surface area contributed by atoms with Gasteiger partial charge in [0.2, 0.25) is 0 Å². The molecule has 4 heteroatoms. The van der Waals surface area contributed by atoms with Gasteiger partial charge in [-0.1, -0.05) is 27.6 Å². The molecule has 0 radical (unpaired) electrons. The minimum absolute atomic E-state index is 0.652. The average molecular weight is 352 g/mol. The molecule has 1 fully saturated rings. The highest BCUT2D eigenvalue weighted by molar-refractivity contribution is 9.10. The molecule has 1 aliphatic carbocycles. The Labute approximate surface area is 135 Å². The van der Waals surface area contributed by atoms with E-state index in [4.69, 9.17) is 9.47 Å². The zero-order valence-corrected chi connectivity index (χ0v) is 14.3. The first-order valence-corrected chi connectivity index (χ1v) is 8.35. The molecule has 1 aromatic rings. The summed E-state index contributed by atoms with van der Waals surface area (Å²) in [6, 6.07) is 4.74. The van der Waals surface area contributed by atoms with Gasteiger partial charge >= 0.3 is 0 Å². The molecule has 1 aliphatic heterocycles. The molecule has 2 aliphatic rings. The lowest BCUT2D eigenvalue weighted by molar-refractivity contribution is 0.243. The third kappa shape index (κ3) is 2.97. The Morgan fingerprint density at radius 3 is 2.76 bits per heavy atom. The number of methoxy groups -OCH3 is 2. The maximum absolute atomic E-state index is 5.43. The summed E-state index contributed by atoms with van der Waals surface area (Å²) >= 11 is 3.67. The second kappa shape index (κ2) is 6.41. The molecule has 0 spiro atoms. The highest BCUT2D eigenvalue weighted by Gasteiger charge is 2.30. The molecule has 0 amide bonds. The van der Waals surface area contributed by atoms with E-state index in [9.17, 15) is 0 Å². The summed E-state index contributed by atoms with van der Waals surface area (Å²) in [6.07, 6.45) is 7.57. The molecule has 0 bridgehead atoms. The van der Waals surface area contributed by atoms with Gasteiger partial charge in [0.1, 0.15) is 0 Å². The van der Waals surface area contributed by atoms with E-state index in [0.717, 1.165) is 29.1 Å². The van der Waals surface area contributed by atoms with Gasteiger partial charge in [0.25, 0.3) is 0 Å². The minimum Gasteiger partial charge on any atom is -0.493 e. The minimum atomic E-state index is 0.652. The number of hydrogen-bond donors (Lipinski definition) is 0. The first-order chi connectivity index (χ1) is 10.2. The zero-order valence-electron chi connectivity index (χ0n) is 12.7. The highest BCUT2D eigenvalue weighted by atomic mass is 79.9. The van der Waals surface area contributed by atoms with Crippen LogP contribution in [0.5, 0.6) is 11.5 Å². The lowest BCUT2D eigenvalue weighted by atomic mass is 9.95. The van der Waals surface area contributed by atoms with Crippen LogP contribution in [0.2, 0.25) is 0 Å². The summed E-state index contributed by atoms with van der Waals surface area (Å²) in [5.74, 6) is 1.57. The Bertz CT molecular complexity index is 556. The number of fused-ring (bicyclic) bond motifs is 1. The summed E-state index contributed by atoms with van der Waals surface area (Å²) in [5.41, 5.74) is 2.91. The highest BCUT2D eigenvalue weighted by Crippen LogP contribution is 2.37. The Morgan fingerprint density at radius 1 is 1.24 bits per heavy atom. The fourth-order valence-electron chi connectivity index (χ4n) is 3.46. The Kier molecular flexibility index (Phi) is 4.55. The molecule has 1 heterocycles. The van der Waals surface area contributed by atoms with Gasteiger partial charge in [-0.15, -0.1) is 0 Å². The molecular formula is C17H22BrNO2. The standard InChI is InChI=1S/C17H22BrNO2/c1-20-16-9-13(14(18)10-17(16)21-2)11-19-8-7-12-5-3-4-6-15(12)19/h5,9-10,15H,3-4,6-8,11H2,1-2H3. The first-order valence-electron chi connectivity index (χ1n) is 7.56. The van der Waals surface area contributed by atoms with Gasteiger partial charge < -0.3 is 9.47 Å². The van der Waals surface area contributed by atoms with Crippen LogP contribution in [0, 0.1) is 0 Å². The van der Waals surface area contributed by atoms with E-state index in [2.05, 4.69) is 33.0 Å². The maximum Gasteiger partial charge on any atom is 0.161 e. The Hall–Kier alpha value is -1.00. The van der Waals surface area contributed by atoms with Crippen molar-refractivity contribution in [1.29, 1.82) is 0 Å². The maximum atomic E-state index is 5.43. The van der Waals surface area contributed by atoms with Crippen molar-refractivity contribution >= 4 is 15.9 Å².